The molecule has 0 saturated carbocycles. The van der Waals surface area contributed by atoms with Gasteiger partial charge in [-0.25, -0.2) is 0 Å². The number of piperidine rings is 2. The van der Waals surface area contributed by atoms with E-state index in [1.165, 1.54) is 37.7 Å². The number of hydrogen-bond acceptors (Lipinski definition) is 2. The molecular formula is C16H22BrClN2. The van der Waals surface area contributed by atoms with E-state index in [2.05, 4.69) is 45.3 Å². The van der Waals surface area contributed by atoms with E-state index in [9.17, 15) is 0 Å². The van der Waals surface area contributed by atoms with E-state index < -0.39 is 0 Å². The zero-order valence-electron chi connectivity index (χ0n) is 11.9. The monoisotopic (exact) mass is 356 g/mol. The van der Waals surface area contributed by atoms with Gasteiger partial charge in [0.2, 0.25) is 0 Å². The van der Waals surface area contributed by atoms with Crippen molar-refractivity contribution >= 4 is 27.5 Å². The molecule has 2 saturated heterocycles. The van der Waals surface area contributed by atoms with Gasteiger partial charge in [-0.2, -0.15) is 0 Å². The third kappa shape index (κ3) is 3.22. The summed E-state index contributed by atoms with van der Waals surface area (Å²) in [5.74, 6) is 0. The highest BCUT2D eigenvalue weighted by atomic mass is 79.9. The van der Waals surface area contributed by atoms with E-state index in [-0.39, 0.29) is 0 Å². The number of fused-ring (bicyclic) bond motifs is 2. The lowest BCUT2D eigenvalue weighted by atomic mass is 9.82. The summed E-state index contributed by atoms with van der Waals surface area (Å²) in [6, 6.07) is 8.34. The Balaban J connectivity index is 1.59. The third-order valence-electron chi connectivity index (χ3n) is 4.94. The predicted molar refractivity (Wildman–Crippen MR) is 88.2 cm³/mol. The van der Waals surface area contributed by atoms with Crippen molar-refractivity contribution in [2.75, 3.05) is 7.05 Å². The first-order valence-corrected chi connectivity index (χ1v) is 8.70. The largest absolute Gasteiger partial charge is 0.310 e. The summed E-state index contributed by atoms with van der Waals surface area (Å²) < 4.78 is 1.04. The zero-order chi connectivity index (χ0) is 14.1. The van der Waals surface area contributed by atoms with Crippen LogP contribution in [0.4, 0.5) is 0 Å². The molecule has 1 aromatic rings. The summed E-state index contributed by atoms with van der Waals surface area (Å²) in [5.41, 5.74) is 1.19. The van der Waals surface area contributed by atoms with Crippen LogP contribution in [0.15, 0.2) is 22.7 Å². The minimum atomic E-state index is 0.640. The number of hydrogen-bond donors (Lipinski definition) is 1. The Hall–Kier alpha value is -0.0900. The van der Waals surface area contributed by atoms with Crippen molar-refractivity contribution in [3.63, 3.8) is 0 Å². The van der Waals surface area contributed by atoms with Gasteiger partial charge in [0.15, 0.2) is 0 Å². The maximum absolute atomic E-state index is 6.29. The van der Waals surface area contributed by atoms with Gasteiger partial charge < -0.3 is 10.2 Å². The average Bonchev–Trinajstić information content (AvgIpc) is 2.38. The topological polar surface area (TPSA) is 15.3 Å². The van der Waals surface area contributed by atoms with Gasteiger partial charge in [0, 0.05) is 34.2 Å². The molecule has 1 aromatic carbocycles. The molecule has 2 bridgehead atoms. The van der Waals surface area contributed by atoms with Gasteiger partial charge in [-0.05, 0) is 50.4 Å². The van der Waals surface area contributed by atoms with E-state index in [0.29, 0.717) is 6.04 Å². The van der Waals surface area contributed by atoms with Crippen LogP contribution in [0.1, 0.15) is 37.7 Å². The highest BCUT2D eigenvalue weighted by molar-refractivity contribution is 9.10. The lowest BCUT2D eigenvalue weighted by Crippen LogP contribution is -2.54. The summed E-state index contributed by atoms with van der Waals surface area (Å²) in [4.78, 5) is 2.61. The van der Waals surface area contributed by atoms with Crippen molar-refractivity contribution in [2.24, 2.45) is 0 Å². The number of nitrogens with zero attached hydrogens (tertiary/aromatic N) is 1. The quantitative estimate of drug-likeness (QED) is 0.872. The highest BCUT2D eigenvalue weighted by Gasteiger charge is 2.35. The van der Waals surface area contributed by atoms with Crippen molar-refractivity contribution in [1.29, 1.82) is 0 Å². The molecular weight excluding hydrogens is 336 g/mol. The predicted octanol–water partition coefficient (Wildman–Crippen LogP) is 4.21. The molecule has 0 aliphatic carbocycles. The molecule has 2 heterocycles. The second kappa shape index (κ2) is 6.35. The van der Waals surface area contributed by atoms with Gasteiger partial charge in [-0.15, -0.1) is 0 Å². The lowest BCUT2D eigenvalue weighted by Gasteiger charge is -2.47. The maximum atomic E-state index is 6.29. The second-order valence-electron chi connectivity index (χ2n) is 6.19. The summed E-state index contributed by atoms with van der Waals surface area (Å²) in [6.07, 6.45) is 6.70. The minimum Gasteiger partial charge on any atom is -0.310 e. The van der Waals surface area contributed by atoms with Crippen LogP contribution in [-0.2, 0) is 6.54 Å². The zero-order valence-corrected chi connectivity index (χ0v) is 14.3. The Labute approximate surface area is 135 Å². The molecule has 2 aliphatic rings. The van der Waals surface area contributed by atoms with Crippen LogP contribution in [0.2, 0.25) is 5.02 Å². The molecule has 2 unspecified atom stereocenters. The van der Waals surface area contributed by atoms with E-state index in [4.69, 9.17) is 11.6 Å². The first-order chi connectivity index (χ1) is 9.63. The number of rotatable bonds is 3. The number of benzene rings is 1. The average molecular weight is 358 g/mol. The van der Waals surface area contributed by atoms with Gasteiger partial charge in [0.1, 0.15) is 0 Å². The van der Waals surface area contributed by atoms with Crippen LogP contribution >= 0.6 is 27.5 Å². The fourth-order valence-electron chi connectivity index (χ4n) is 3.70. The molecule has 0 amide bonds. The third-order valence-corrected chi connectivity index (χ3v) is 5.78. The molecule has 1 N–H and O–H groups in total. The maximum Gasteiger partial charge on any atom is 0.0462 e. The van der Waals surface area contributed by atoms with Crippen molar-refractivity contribution < 1.29 is 0 Å². The molecule has 0 radical (unpaired) electrons. The summed E-state index contributed by atoms with van der Waals surface area (Å²) in [6.45, 7) is 0.875. The van der Waals surface area contributed by atoms with Crippen molar-refractivity contribution in [3.8, 4) is 0 Å². The normalized spacial score (nSPS) is 30.4. The summed E-state index contributed by atoms with van der Waals surface area (Å²) in [7, 11) is 2.30. The van der Waals surface area contributed by atoms with E-state index in [1.54, 1.807) is 0 Å². The van der Waals surface area contributed by atoms with E-state index in [1.807, 2.05) is 6.07 Å². The standard InChI is InChI=1S/C16H22BrClN2/c1-20-14-3-2-4-15(20)9-13(8-14)19-10-11-5-6-12(17)7-16(11)18/h5-7,13-15,19H,2-4,8-10H2,1H3. The fraction of sp³-hybridized carbons (Fsp3) is 0.625. The first-order valence-electron chi connectivity index (χ1n) is 7.52. The Morgan fingerprint density at radius 3 is 2.65 bits per heavy atom. The van der Waals surface area contributed by atoms with Gasteiger partial charge in [-0.1, -0.05) is 40.0 Å². The molecule has 2 atom stereocenters. The van der Waals surface area contributed by atoms with E-state index >= 15 is 0 Å². The molecule has 2 nitrogen and oxygen atoms in total. The summed E-state index contributed by atoms with van der Waals surface area (Å²) >= 11 is 9.74. The SMILES string of the molecule is CN1C2CCCC1CC(NCc1ccc(Br)cc1Cl)C2. The van der Waals surface area contributed by atoms with Crippen LogP contribution in [0.25, 0.3) is 0 Å². The molecule has 3 rings (SSSR count). The van der Waals surface area contributed by atoms with Gasteiger partial charge >= 0.3 is 0 Å². The second-order valence-corrected chi connectivity index (χ2v) is 7.51. The van der Waals surface area contributed by atoms with Gasteiger partial charge in [0.05, 0.1) is 0 Å². The Bertz CT molecular complexity index is 466. The van der Waals surface area contributed by atoms with Crippen molar-refractivity contribution in [2.45, 2.75) is 56.8 Å². The van der Waals surface area contributed by atoms with Crippen LogP contribution in [-0.4, -0.2) is 30.1 Å². The molecule has 0 aromatic heterocycles. The fourth-order valence-corrected chi connectivity index (χ4v) is 4.44. The Morgan fingerprint density at radius 1 is 1.30 bits per heavy atom. The lowest BCUT2D eigenvalue weighted by molar-refractivity contribution is 0.0482. The van der Waals surface area contributed by atoms with Crippen molar-refractivity contribution in [3.05, 3.63) is 33.3 Å². The smallest absolute Gasteiger partial charge is 0.0462 e. The molecule has 110 valence electrons. The van der Waals surface area contributed by atoms with Crippen molar-refractivity contribution in [1.82, 2.24) is 10.2 Å². The van der Waals surface area contributed by atoms with Crippen LogP contribution < -0.4 is 5.32 Å². The molecule has 2 fully saturated rings. The van der Waals surface area contributed by atoms with Crippen LogP contribution in [0, 0.1) is 0 Å². The van der Waals surface area contributed by atoms with Crippen LogP contribution in [0.3, 0.4) is 0 Å². The number of nitrogens with one attached hydrogen (secondary N) is 1. The van der Waals surface area contributed by atoms with Gasteiger partial charge in [-0.3, -0.25) is 0 Å². The molecule has 4 heteroatoms. The van der Waals surface area contributed by atoms with E-state index in [0.717, 1.165) is 28.1 Å². The van der Waals surface area contributed by atoms with Crippen LogP contribution in [0.5, 0.6) is 0 Å². The summed E-state index contributed by atoms with van der Waals surface area (Å²) in [5, 5.41) is 4.57. The number of halogens is 2. The first kappa shape index (κ1) is 14.8. The molecule has 20 heavy (non-hydrogen) atoms. The van der Waals surface area contributed by atoms with Gasteiger partial charge in [0.25, 0.3) is 0 Å². The minimum absolute atomic E-state index is 0.640. The Kier molecular flexibility index (Phi) is 4.71. The Morgan fingerprint density at radius 2 is 2.00 bits per heavy atom. The molecule has 2 aliphatic heterocycles. The molecule has 0 spiro atoms. The highest BCUT2D eigenvalue weighted by Crippen LogP contribution is 2.33.